The SMILES string of the molecule is O=C(NCc1cc2n(n1)CCN(C1CCCCC1)C2)N1CCCC1. The summed E-state index contributed by atoms with van der Waals surface area (Å²) in [7, 11) is 0. The van der Waals surface area contributed by atoms with Crippen LogP contribution in [-0.2, 0) is 19.6 Å². The summed E-state index contributed by atoms with van der Waals surface area (Å²) < 4.78 is 2.14. The number of amides is 2. The molecule has 0 radical (unpaired) electrons. The summed E-state index contributed by atoms with van der Waals surface area (Å²) >= 11 is 0. The van der Waals surface area contributed by atoms with Gasteiger partial charge in [-0.1, -0.05) is 19.3 Å². The highest BCUT2D eigenvalue weighted by atomic mass is 16.2. The first-order chi connectivity index (χ1) is 11.8. The predicted molar refractivity (Wildman–Crippen MR) is 92.6 cm³/mol. The molecule has 132 valence electrons. The Labute approximate surface area is 144 Å². The van der Waals surface area contributed by atoms with Gasteiger partial charge in [0.05, 0.1) is 24.5 Å². The van der Waals surface area contributed by atoms with Gasteiger partial charge in [0.15, 0.2) is 0 Å². The molecule has 6 heteroatoms. The van der Waals surface area contributed by atoms with E-state index in [2.05, 4.69) is 26.1 Å². The number of likely N-dealkylation sites (tertiary alicyclic amines) is 1. The van der Waals surface area contributed by atoms with Crippen molar-refractivity contribution in [2.24, 2.45) is 0 Å². The molecule has 6 nitrogen and oxygen atoms in total. The van der Waals surface area contributed by atoms with Gasteiger partial charge in [-0.25, -0.2) is 4.79 Å². The number of carbonyl (C=O) groups excluding carboxylic acids is 1. The van der Waals surface area contributed by atoms with Crippen molar-refractivity contribution in [2.75, 3.05) is 19.6 Å². The topological polar surface area (TPSA) is 53.4 Å². The zero-order valence-corrected chi connectivity index (χ0v) is 14.5. The largest absolute Gasteiger partial charge is 0.332 e. The minimum atomic E-state index is 0.0577. The van der Waals surface area contributed by atoms with Crippen molar-refractivity contribution >= 4 is 6.03 Å². The van der Waals surface area contributed by atoms with E-state index in [0.717, 1.165) is 57.3 Å². The van der Waals surface area contributed by atoms with Crippen LogP contribution in [0, 0.1) is 0 Å². The van der Waals surface area contributed by atoms with E-state index >= 15 is 0 Å². The number of fused-ring (bicyclic) bond motifs is 1. The van der Waals surface area contributed by atoms with Crippen LogP contribution in [0.15, 0.2) is 6.07 Å². The van der Waals surface area contributed by atoms with Crippen LogP contribution in [0.2, 0.25) is 0 Å². The van der Waals surface area contributed by atoms with Gasteiger partial charge in [-0.15, -0.1) is 0 Å². The molecule has 1 N–H and O–H groups in total. The minimum absolute atomic E-state index is 0.0577. The monoisotopic (exact) mass is 331 g/mol. The van der Waals surface area contributed by atoms with E-state index in [9.17, 15) is 4.79 Å². The lowest BCUT2D eigenvalue weighted by atomic mass is 9.94. The fourth-order valence-electron chi connectivity index (χ4n) is 4.39. The van der Waals surface area contributed by atoms with Gasteiger partial charge in [-0.3, -0.25) is 9.58 Å². The maximum atomic E-state index is 12.1. The summed E-state index contributed by atoms with van der Waals surface area (Å²) in [6, 6.07) is 3.00. The van der Waals surface area contributed by atoms with Gasteiger partial charge in [0.2, 0.25) is 0 Å². The summed E-state index contributed by atoms with van der Waals surface area (Å²) in [6.07, 6.45) is 9.14. The van der Waals surface area contributed by atoms with Crippen molar-refractivity contribution in [3.05, 3.63) is 17.5 Å². The third-order valence-electron chi connectivity index (χ3n) is 5.78. The Kier molecular flexibility index (Phi) is 4.74. The molecular formula is C18H29N5O. The molecule has 1 aliphatic carbocycles. The van der Waals surface area contributed by atoms with Crippen LogP contribution in [0.5, 0.6) is 0 Å². The fraction of sp³-hybridized carbons (Fsp3) is 0.778. The van der Waals surface area contributed by atoms with Crippen LogP contribution in [-0.4, -0.2) is 51.3 Å². The molecule has 3 aliphatic rings. The van der Waals surface area contributed by atoms with Gasteiger partial charge in [0.25, 0.3) is 0 Å². The van der Waals surface area contributed by atoms with Crippen LogP contribution in [0.4, 0.5) is 4.79 Å². The van der Waals surface area contributed by atoms with Crippen LogP contribution >= 0.6 is 0 Å². The number of carbonyl (C=O) groups is 1. The van der Waals surface area contributed by atoms with Gasteiger partial charge in [-0.05, 0) is 31.7 Å². The summed E-state index contributed by atoms with van der Waals surface area (Å²) in [4.78, 5) is 16.6. The first kappa shape index (κ1) is 15.9. The second-order valence-electron chi connectivity index (χ2n) is 7.47. The zero-order chi connectivity index (χ0) is 16.4. The Balaban J connectivity index is 1.33. The number of hydrogen-bond donors (Lipinski definition) is 1. The summed E-state index contributed by atoms with van der Waals surface area (Å²) in [6.45, 7) is 5.42. The van der Waals surface area contributed by atoms with Crippen molar-refractivity contribution in [3.63, 3.8) is 0 Å². The number of nitrogens with one attached hydrogen (secondary N) is 1. The summed E-state index contributed by atoms with van der Waals surface area (Å²) in [5.41, 5.74) is 2.29. The quantitative estimate of drug-likeness (QED) is 0.925. The Hall–Kier alpha value is -1.56. The van der Waals surface area contributed by atoms with E-state index in [-0.39, 0.29) is 6.03 Å². The standard InChI is InChI=1S/C18H29N5O/c24-18(21-8-4-5-9-21)19-13-15-12-17-14-22(10-11-23(17)20-15)16-6-2-1-3-7-16/h12,16H,1-11,13-14H2,(H,19,24). The smallest absolute Gasteiger partial charge is 0.317 e. The highest BCUT2D eigenvalue weighted by Crippen LogP contribution is 2.26. The molecule has 1 saturated heterocycles. The highest BCUT2D eigenvalue weighted by molar-refractivity contribution is 5.74. The maximum Gasteiger partial charge on any atom is 0.317 e. The third kappa shape index (κ3) is 3.43. The molecule has 1 saturated carbocycles. The van der Waals surface area contributed by atoms with Crippen molar-refractivity contribution in [1.82, 2.24) is 24.9 Å². The molecular weight excluding hydrogens is 302 g/mol. The van der Waals surface area contributed by atoms with Gasteiger partial charge in [-0.2, -0.15) is 5.10 Å². The second kappa shape index (κ2) is 7.13. The van der Waals surface area contributed by atoms with Crippen LogP contribution in [0.3, 0.4) is 0 Å². The average molecular weight is 331 g/mol. The Morgan fingerprint density at radius 2 is 1.88 bits per heavy atom. The first-order valence-corrected chi connectivity index (χ1v) is 9.62. The molecule has 0 aromatic carbocycles. The number of hydrogen-bond acceptors (Lipinski definition) is 3. The zero-order valence-electron chi connectivity index (χ0n) is 14.5. The predicted octanol–water partition coefficient (Wildman–Crippen LogP) is 2.34. The van der Waals surface area contributed by atoms with Crippen molar-refractivity contribution < 1.29 is 4.79 Å². The number of aromatic nitrogens is 2. The molecule has 1 aromatic rings. The summed E-state index contributed by atoms with van der Waals surface area (Å²) in [5.74, 6) is 0. The lowest BCUT2D eigenvalue weighted by molar-refractivity contribution is 0.119. The number of rotatable bonds is 3. The molecule has 24 heavy (non-hydrogen) atoms. The lowest BCUT2D eigenvalue weighted by Crippen LogP contribution is -2.42. The molecule has 0 atom stereocenters. The third-order valence-corrected chi connectivity index (χ3v) is 5.78. The van der Waals surface area contributed by atoms with Gasteiger partial charge < -0.3 is 10.2 Å². The molecule has 2 aliphatic heterocycles. The van der Waals surface area contributed by atoms with Gasteiger partial charge >= 0.3 is 6.03 Å². The Morgan fingerprint density at radius 1 is 1.08 bits per heavy atom. The Morgan fingerprint density at radius 3 is 2.67 bits per heavy atom. The molecule has 3 heterocycles. The van der Waals surface area contributed by atoms with E-state index < -0.39 is 0 Å². The average Bonchev–Trinajstić information content (AvgIpc) is 3.29. The van der Waals surface area contributed by atoms with Crippen LogP contribution < -0.4 is 5.32 Å². The molecule has 2 amide bonds. The molecule has 4 rings (SSSR count). The molecule has 0 bridgehead atoms. The van der Waals surface area contributed by atoms with Crippen molar-refractivity contribution in [2.45, 2.75) is 70.6 Å². The maximum absolute atomic E-state index is 12.1. The number of nitrogens with zero attached hydrogens (tertiary/aromatic N) is 4. The van der Waals surface area contributed by atoms with E-state index in [1.165, 1.54) is 37.8 Å². The van der Waals surface area contributed by atoms with E-state index in [1.54, 1.807) is 0 Å². The summed E-state index contributed by atoms with van der Waals surface area (Å²) in [5, 5.41) is 7.71. The van der Waals surface area contributed by atoms with Crippen LogP contribution in [0.25, 0.3) is 0 Å². The Bertz CT molecular complexity index is 572. The molecule has 0 spiro atoms. The van der Waals surface area contributed by atoms with Crippen molar-refractivity contribution in [1.29, 1.82) is 0 Å². The molecule has 1 aromatic heterocycles. The van der Waals surface area contributed by atoms with Crippen molar-refractivity contribution in [3.8, 4) is 0 Å². The normalized spacial score (nSPS) is 22.6. The lowest BCUT2D eigenvalue weighted by Gasteiger charge is -2.36. The molecule has 0 unspecified atom stereocenters. The number of urea groups is 1. The minimum Gasteiger partial charge on any atom is -0.332 e. The highest BCUT2D eigenvalue weighted by Gasteiger charge is 2.26. The molecule has 2 fully saturated rings. The van der Waals surface area contributed by atoms with Gasteiger partial charge in [0, 0.05) is 32.2 Å². The van der Waals surface area contributed by atoms with E-state index in [4.69, 9.17) is 0 Å². The van der Waals surface area contributed by atoms with E-state index in [0.29, 0.717) is 6.54 Å². The van der Waals surface area contributed by atoms with Crippen LogP contribution in [0.1, 0.15) is 56.3 Å². The fourth-order valence-corrected chi connectivity index (χ4v) is 4.39. The van der Waals surface area contributed by atoms with Gasteiger partial charge in [0.1, 0.15) is 0 Å². The first-order valence-electron chi connectivity index (χ1n) is 9.62. The van der Waals surface area contributed by atoms with E-state index in [1.807, 2.05) is 4.90 Å². The second-order valence-corrected chi connectivity index (χ2v) is 7.47.